The lowest BCUT2D eigenvalue weighted by atomic mass is 9.74. The predicted octanol–water partition coefficient (Wildman–Crippen LogP) is 2.51. The van der Waals surface area contributed by atoms with Gasteiger partial charge in [-0.3, -0.25) is 19.2 Å². The first-order valence-electron chi connectivity index (χ1n) is 15.0. The van der Waals surface area contributed by atoms with Gasteiger partial charge in [-0.05, 0) is 82.9 Å². The molecule has 4 rings (SSSR count). The molecule has 0 spiro atoms. The summed E-state index contributed by atoms with van der Waals surface area (Å²) in [5.41, 5.74) is 0.348. The molecule has 4 N–H and O–H groups in total. The summed E-state index contributed by atoms with van der Waals surface area (Å²) in [6.45, 7) is 5.48. The smallest absolute Gasteiger partial charge is 0.243 e. The van der Waals surface area contributed by atoms with E-state index in [-0.39, 0.29) is 18.1 Å². The molecule has 0 bridgehead atoms. The van der Waals surface area contributed by atoms with E-state index in [1.54, 1.807) is 33.1 Å². The lowest BCUT2D eigenvalue weighted by Crippen LogP contribution is -2.57. The van der Waals surface area contributed by atoms with Crippen molar-refractivity contribution in [3.05, 3.63) is 41.5 Å². The fourth-order valence-electron chi connectivity index (χ4n) is 5.69. The fourth-order valence-corrected chi connectivity index (χ4v) is 5.69. The van der Waals surface area contributed by atoms with Crippen molar-refractivity contribution in [1.82, 2.24) is 16.0 Å². The van der Waals surface area contributed by atoms with Crippen LogP contribution in [0.15, 0.2) is 35.9 Å². The number of aliphatic hydroxyl groups excluding tert-OH is 1. The van der Waals surface area contributed by atoms with Crippen LogP contribution < -0.4 is 20.7 Å². The Hall–Kier alpha value is -3.24. The second kappa shape index (κ2) is 13.4. The van der Waals surface area contributed by atoms with Gasteiger partial charge in [0.25, 0.3) is 0 Å². The van der Waals surface area contributed by atoms with Gasteiger partial charge < -0.3 is 30.5 Å². The number of nitrogens with one attached hydrogen (secondary N) is 3. The number of hydrogen-bond donors (Lipinski definition) is 4. The van der Waals surface area contributed by atoms with Crippen molar-refractivity contribution < 1.29 is 33.8 Å². The van der Waals surface area contributed by atoms with E-state index in [1.807, 2.05) is 19.1 Å². The summed E-state index contributed by atoms with van der Waals surface area (Å²) in [5, 5.41) is 18.4. The second-order valence-corrected chi connectivity index (χ2v) is 12.5. The summed E-state index contributed by atoms with van der Waals surface area (Å²) >= 11 is 0. The van der Waals surface area contributed by atoms with Crippen LogP contribution in [-0.4, -0.2) is 72.2 Å². The van der Waals surface area contributed by atoms with E-state index >= 15 is 0 Å². The largest absolute Gasteiger partial charge is 0.497 e. The summed E-state index contributed by atoms with van der Waals surface area (Å²) < 4.78 is 10.6. The number of amides is 3. The Balaban J connectivity index is 1.47. The number of ketones is 1. The van der Waals surface area contributed by atoms with Gasteiger partial charge in [0, 0.05) is 11.8 Å². The van der Waals surface area contributed by atoms with Crippen LogP contribution in [-0.2, 0) is 30.3 Å². The highest BCUT2D eigenvalue weighted by Crippen LogP contribution is 2.36. The van der Waals surface area contributed by atoms with Crippen LogP contribution in [0.5, 0.6) is 5.75 Å². The van der Waals surface area contributed by atoms with Gasteiger partial charge in [-0.2, -0.15) is 0 Å². The molecule has 1 saturated carbocycles. The zero-order chi connectivity index (χ0) is 30.5. The van der Waals surface area contributed by atoms with Crippen LogP contribution in [0.25, 0.3) is 0 Å². The van der Waals surface area contributed by atoms with Crippen molar-refractivity contribution in [3.8, 4) is 5.75 Å². The highest BCUT2D eigenvalue weighted by atomic mass is 16.6. The number of benzene rings is 1. The van der Waals surface area contributed by atoms with Gasteiger partial charge in [-0.25, -0.2) is 0 Å². The van der Waals surface area contributed by atoms with Crippen molar-refractivity contribution in [1.29, 1.82) is 0 Å². The number of hydrogen-bond acceptors (Lipinski definition) is 7. The van der Waals surface area contributed by atoms with Gasteiger partial charge in [0.15, 0.2) is 5.78 Å². The van der Waals surface area contributed by atoms with E-state index in [9.17, 15) is 24.3 Å². The highest BCUT2D eigenvalue weighted by molar-refractivity contribution is 5.98. The number of carbonyl (C=O) groups is 4. The Bertz CT molecular complexity index is 1180. The summed E-state index contributed by atoms with van der Waals surface area (Å²) in [6, 6.07) is 4.53. The van der Waals surface area contributed by atoms with E-state index in [1.165, 1.54) is 0 Å². The molecule has 1 heterocycles. The van der Waals surface area contributed by atoms with Crippen LogP contribution >= 0.6 is 0 Å². The molecule has 1 saturated heterocycles. The van der Waals surface area contributed by atoms with E-state index < -0.39 is 47.1 Å². The number of carbonyl (C=O) groups excluding carboxylic acids is 4. The normalized spacial score (nSPS) is 27.2. The lowest BCUT2D eigenvalue weighted by molar-refractivity contribution is -0.137. The molecule has 10 heteroatoms. The van der Waals surface area contributed by atoms with Crippen LogP contribution in [0.1, 0.15) is 77.7 Å². The number of rotatable bonds is 13. The van der Waals surface area contributed by atoms with Gasteiger partial charge >= 0.3 is 0 Å². The molecule has 0 unspecified atom stereocenters. The van der Waals surface area contributed by atoms with E-state index in [0.29, 0.717) is 44.5 Å². The Labute approximate surface area is 248 Å². The molecule has 0 aromatic heterocycles. The number of Topliss-reactive ketones (excluding diaryl/α,β-unsaturated/α-hetero) is 1. The maximum atomic E-state index is 13.7. The zero-order valence-electron chi connectivity index (χ0n) is 25.2. The van der Waals surface area contributed by atoms with Gasteiger partial charge in [0.2, 0.25) is 17.7 Å². The van der Waals surface area contributed by atoms with E-state index in [0.717, 1.165) is 30.4 Å². The van der Waals surface area contributed by atoms with Gasteiger partial charge in [-0.15, -0.1) is 0 Å². The fraction of sp³-hybridized carbons (Fsp3) is 0.625. The highest BCUT2D eigenvalue weighted by Gasteiger charge is 2.50. The van der Waals surface area contributed by atoms with Crippen LogP contribution in [0.4, 0.5) is 0 Å². The third kappa shape index (κ3) is 7.98. The molecule has 0 radical (unpaired) electrons. The molecule has 3 amide bonds. The van der Waals surface area contributed by atoms with Crippen LogP contribution in [0, 0.1) is 5.41 Å². The summed E-state index contributed by atoms with van der Waals surface area (Å²) in [7, 11) is 1.57. The molecule has 230 valence electrons. The molecule has 1 aliphatic heterocycles. The van der Waals surface area contributed by atoms with Crippen molar-refractivity contribution in [2.45, 2.75) is 108 Å². The van der Waals surface area contributed by atoms with Crippen molar-refractivity contribution in [2.75, 3.05) is 13.7 Å². The third-order valence-electron chi connectivity index (χ3n) is 8.91. The summed E-state index contributed by atoms with van der Waals surface area (Å²) in [4.78, 5) is 53.5. The molecule has 1 aromatic carbocycles. The number of methoxy groups -OCH3 is 1. The monoisotopic (exact) mass is 583 g/mol. The number of epoxide rings is 1. The first-order valence-corrected chi connectivity index (χ1v) is 15.0. The number of ether oxygens (including phenoxy) is 2. The zero-order valence-corrected chi connectivity index (χ0v) is 25.2. The predicted molar refractivity (Wildman–Crippen MR) is 157 cm³/mol. The van der Waals surface area contributed by atoms with Crippen LogP contribution in [0.3, 0.4) is 0 Å². The van der Waals surface area contributed by atoms with Crippen molar-refractivity contribution in [2.24, 2.45) is 5.41 Å². The van der Waals surface area contributed by atoms with E-state index in [2.05, 4.69) is 22.0 Å². The Kier molecular flexibility index (Phi) is 10.1. The maximum Gasteiger partial charge on any atom is 0.243 e. The molecule has 4 atom stereocenters. The molecule has 42 heavy (non-hydrogen) atoms. The summed E-state index contributed by atoms with van der Waals surface area (Å²) in [6.07, 6.45) is 7.31. The molecular weight excluding hydrogens is 538 g/mol. The third-order valence-corrected chi connectivity index (χ3v) is 8.91. The standard InChI is InChI=1S/C32H45N3O7/c1-20(33-30(40)31(2)15-13-23(36)14-16-31)28(38)35-26(18-22-9-11-24(41-4)12-10-22)29(39)34-25(17-21-7-5-6-8-21)27(37)32(3)19-42-32/h7,9-12,20,23,25-26,36H,5-6,8,13-19H2,1-4H3,(H,33,40)(H,34,39)(H,35,38)/t20-,23-,25+,26+,31-,32-/m1/s1. The minimum Gasteiger partial charge on any atom is -0.497 e. The Morgan fingerprint density at radius 1 is 1.00 bits per heavy atom. The molecule has 2 fully saturated rings. The SMILES string of the molecule is COc1ccc(C[C@H](NC(=O)[C@@H](C)NC(=O)[C@]2(C)CC[C@@H](O)CC2)C(=O)N[C@@H](CC2=CCCC2)C(=O)[C@@]2(C)CO2)cc1. The Morgan fingerprint density at radius 2 is 1.64 bits per heavy atom. The average Bonchev–Trinajstić information content (AvgIpc) is 3.52. The maximum absolute atomic E-state index is 13.7. The average molecular weight is 584 g/mol. The number of aliphatic hydroxyl groups is 1. The van der Waals surface area contributed by atoms with Crippen LogP contribution in [0.2, 0.25) is 0 Å². The van der Waals surface area contributed by atoms with E-state index in [4.69, 9.17) is 9.47 Å². The topological polar surface area (TPSA) is 146 Å². The Morgan fingerprint density at radius 3 is 2.21 bits per heavy atom. The first-order chi connectivity index (χ1) is 19.9. The van der Waals surface area contributed by atoms with Gasteiger partial charge in [-0.1, -0.05) is 30.7 Å². The van der Waals surface area contributed by atoms with Gasteiger partial charge in [0.05, 0.1) is 25.9 Å². The molecule has 2 aliphatic carbocycles. The summed E-state index contributed by atoms with van der Waals surface area (Å²) in [5.74, 6) is -0.745. The molecule has 1 aromatic rings. The number of allylic oxidation sites excluding steroid dienone is 1. The first kappa shape index (κ1) is 31.7. The second-order valence-electron chi connectivity index (χ2n) is 12.5. The van der Waals surface area contributed by atoms with Crippen molar-refractivity contribution >= 4 is 23.5 Å². The minimum absolute atomic E-state index is 0.176. The minimum atomic E-state index is -0.994. The molecular formula is C32H45N3O7. The quantitative estimate of drug-likeness (QED) is 0.206. The van der Waals surface area contributed by atoms with Gasteiger partial charge in [0.1, 0.15) is 23.4 Å². The molecule has 10 nitrogen and oxygen atoms in total. The lowest BCUT2D eigenvalue weighted by Gasteiger charge is -2.35. The molecule has 3 aliphatic rings. The van der Waals surface area contributed by atoms with Crippen molar-refractivity contribution in [3.63, 3.8) is 0 Å².